The van der Waals surface area contributed by atoms with E-state index < -0.39 is 18.2 Å². The van der Waals surface area contributed by atoms with Crippen LogP contribution in [-0.4, -0.2) is 40.1 Å². The fourth-order valence-electron chi connectivity index (χ4n) is 4.09. The van der Waals surface area contributed by atoms with E-state index in [9.17, 15) is 15.0 Å². The molecule has 4 unspecified atom stereocenters. The molecule has 138 valence electrons. The fraction of sp³-hybridized carbons (Fsp3) is 0.737. The van der Waals surface area contributed by atoms with Gasteiger partial charge in [-0.15, -0.1) is 0 Å². The van der Waals surface area contributed by atoms with Crippen LogP contribution in [0.1, 0.15) is 51.4 Å². The van der Waals surface area contributed by atoms with Gasteiger partial charge < -0.3 is 15.3 Å². The van der Waals surface area contributed by atoms with Crippen LogP contribution in [0, 0.1) is 29.6 Å². The molecule has 6 heteroatoms. The number of fused-ring (bicyclic) bond motifs is 1. The molecule has 0 spiro atoms. The maximum atomic E-state index is 10.4. The molecule has 0 saturated heterocycles. The van der Waals surface area contributed by atoms with Gasteiger partial charge in [-0.05, 0) is 37.2 Å². The Morgan fingerprint density at radius 2 is 2.04 bits per heavy atom. The summed E-state index contributed by atoms with van der Waals surface area (Å²) >= 11 is 0. The summed E-state index contributed by atoms with van der Waals surface area (Å²) in [6.07, 6.45) is 5.92. The lowest BCUT2D eigenvalue weighted by molar-refractivity contribution is -0.138. The number of hydroxylamine groups is 1. The highest BCUT2D eigenvalue weighted by Gasteiger charge is 2.45. The number of carboxylic acid groups (broad SMARTS) is 1. The monoisotopic (exact) mass is 349 g/mol. The van der Waals surface area contributed by atoms with Crippen LogP contribution in [0.25, 0.3) is 0 Å². The largest absolute Gasteiger partial charge is 0.481 e. The zero-order valence-electron chi connectivity index (χ0n) is 14.4. The van der Waals surface area contributed by atoms with Crippen LogP contribution in [0.2, 0.25) is 0 Å². The van der Waals surface area contributed by atoms with E-state index >= 15 is 0 Å². The molecule has 25 heavy (non-hydrogen) atoms. The number of hydrogen-bond donors (Lipinski definition) is 4. The SMILES string of the molecule is O=C(O)CCONC1=C2CC(C#CC(O)C3CCCCC3)C(O)C2C1. The zero-order valence-corrected chi connectivity index (χ0v) is 14.4. The van der Waals surface area contributed by atoms with Crippen molar-refractivity contribution in [2.45, 2.75) is 63.6 Å². The normalized spacial score (nSPS) is 30.1. The number of carboxylic acids is 1. The van der Waals surface area contributed by atoms with E-state index in [-0.39, 0.29) is 30.8 Å². The second kappa shape index (κ2) is 8.22. The molecule has 3 rings (SSSR count). The Labute approximate surface area is 148 Å². The van der Waals surface area contributed by atoms with Gasteiger partial charge in [0.15, 0.2) is 0 Å². The number of aliphatic carboxylic acids is 1. The zero-order chi connectivity index (χ0) is 17.8. The van der Waals surface area contributed by atoms with E-state index in [4.69, 9.17) is 9.94 Å². The molecule has 3 aliphatic carbocycles. The lowest BCUT2D eigenvalue weighted by atomic mass is 9.83. The molecule has 0 bridgehead atoms. The minimum Gasteiger partial charge on any atom is -0.481 e. The molecule has 0 heterocycles. The predicted molar refractivity (Wildman–Crippen MR) is 90.9 cm³/mol. The molecule has 0 aromatic carbocycles. The summed E-state index contributed by atoms with van der Waals surface area (Å²) in [5.41, 5.74) is 4.87. The van der Waals surface area contributed by atoms with Gasteiger partial charge in [-0.1, -0.05) is 31.1 Å². The fourth-order valence-corrected chi connectivity index (χ4v) is 4.09. The van der Waals surface area contributed by atoms with Gasteiger partial charge in [-0.3, -0.25) is 15.1 Å². The van der Waals surface area contributed by atoms with Crippen LogP contribution >= 0.6 is 0 Å². The van der Waals surface area contributed by atoms with Crippen LogP contribution in [0.5, 0.6) is 0 Å². The van der Waals surface area contributed by atoms with E-state index in [2.05, 4.69) is 17.3 Å². The highest BCUT2D eigenvalue weighted by Crippen LogP contribution is 2.48. The van der Waals surface area contributed by atoms with E-state index in [0.29, 0.717) is 12.8 Å². The summed E-state index contributed by atoms with van der Waals surface area (Å²) in [6, 6.07) is 0. The van der Waals surface area contributed by atoms with Crippen molar-refractivity contribution in [3.05, 3.63) is 11.3 Å². The minimum atomic E-state index is -0.894. The molecule has 2 fully saturated rings. The third-order valence-electron chi connectivity index (χ3n) is 5.65. The van der Waals surface area contributed by atoms with Crippen molar-refractivity contribution in [2.24, 2.45) is 17.8 Å². The molecule has 0 radical (unpaired) electrons. The molecule has 2 saturated carbocycles. The van der Waals surface area contributed by atoms with Gasteiger partial charge in [0.05, 0.1) is 25.0 Å². The smallest absolute Gasteiger partial charge is 0.305 e. The molecular formula is C19H27NO5. The van der Waals surface area contributed by atoms with E-state index in [0.717, 1.165) is 24.1 Å². The molecule has 4 atom stereocenters. The topological polar surface area (TPSA) is 99.0 Å². The number of rotatable bonds is 6. The molecular weight excluding hydrogens is 322 g/mol. The number of aliphatic hydroxyl groups is 2. The number of carbonyl (C=O) groups is 1. The van der Waals surface area contributed by atoms with Gasteiger partial charge in [0, 0.05) is 11.6 Å². The first-order valence-electron chi connectivity index (χ1n) is 9.25. The van der Waals surface area contributed by atoms with Crippen molar-refractivity contribution in [3.63, 3.8) is 0 Å². The van der Waals surface area contributed by atoms with Crippen LogP contribution in [0.4, 0.5) is 0 Å². The summed E-state index contributed by atoms with van der Waals surface area (Å²) in [7, 11) is 0. The van der Waals surface area contributed by atoms with Crippen LogP contribution in [-0.2, 0) is 9.63 Å². The average molecular weight is 349 g/mol. The number of hydrogen-bond acceptors (Lipinski definition) is 5. The summed E-state index contributed by atoms with van der Waals surface area (Å²) in [4.78, 5) is 15.6. The predicted octanol–water partition coefficient (Wildman–Crippen LogP) is 1.58. The van der Waals surface area contributed by atoms with Crippen molar-refractivity contribution in [1.29, 1.82) is 0 Å². The Bertz CT molecular complexity index is 584. The van der Waals surface area contributed by atoms with Gasteiger partial charge in [-0.2, -0.15) is 0 Å². The Kier molecular flexibility index (Phi) is 6.00. The Morgan fingerprint density at radius 3 is 2.76 bits per heavy atom. The van der Waals surface area contributed by atoms with E-state index in [1.54, 1.807) is 0 Å². The van der Waals surface area contributed by atoms with Gasteiger partial charge in [0.1, 0.15) is 6.10 Å². The second-order valence-corrected chi connectivity index (χ2v) is 7.34. The van der Waals surface area contributed by atoms with Crippen LogP contribution < -0.4 is 5.48 Å². The Morgan fingerprint density at radius 1 is 1.28 bits per heavy atom. The Balaban J connectivity index is 1.50. The first-order valence-corrected chi connectivity index (χ1v) is 9.25. The van der Waals surface area contributed by atoms with Gasteiger partial charge in [0.25, 0.3) is 0 Å². The number of aliphatic hydroxyl groups excluding tert-OH is 2. The lowest BCUT2D eigenvalue weighted by Crippen LogP contribution is -2.32. The first-order chi connectivity index (χ1) is 12.1. The van der Waals surface area contributed by atoms with E-state index in [1.165, 1.54) is 19.3 Å². The van der Waals surface area contributed by atoms with Crippen molar-refractivity contribution in [2.75, 3.05) is 6.61 Å². The van der Waals surface area contributed by atoms with Gasteiger partial charge in [-0.25, -0.2) is 0 Å². The standard InChI is InChI=1S/C19H27NO5/c21-17(12-4-2-1-3-5-12)7-6-13-10-14-15(19(13)24)11-16(14)20-25-9-8-18(22)23/h12-13,15,17,19-21,24H,1-5,8-11H2,(H,22,23). The number of nitrogens with one attached hydrogen (secondary N) is 1. The summed E-state index contributed by atoms with van der Waals surface area (Å²) in [5, 5.41) is 29.2. The summed E-state index contributed by atoms with van der Waals surface area (Å²) in [5.74, 6) is 5.43. The Hall–Kier alpha value is -1.55. The van der Waals surface area contributed by atoms with Gasteiger partial charge in [0.2, 0.25) is 0 Å². The maximum Gasteiger partial charge on any atom is 0.305 e. The van der Waals surface area contributed by atoms with Crippen LogP contribution in [0.15, 0.2) is 11.3 Å². The molecule has 0 aromatic rings. The molecule has 4 N–H and O–H groups in total. The summed E-state index contributed by atoms with van der Waals surface area (Å²) in [6.45, 7) is 0.107. The first kappa shape index (κ1) is 18.2. The third kappa shape index (κ3) is 4.35. The molecule has 3 aliphatic rings. The van der Waals surface area contributed by atoms with Crippen molar-refractivity contribution >= 4 is 5.97 Å². The van der Waals surface area contributed by atoms with Crippen molar-refractivity contribution in [1.82, 2.24) is 5.48 Å². The quantitative estimate of drug-likeness (QED) is 0.330. The number of allylic oxidation sites excluding steroid dienone is 1. The third-order valence-corrected chi connectivity index (χ3v) is 5.65. The molecule has 6 nitrogen and oxygen atoms in total. The van der Waals surface area contributed by atoms with Crippen molar-refractivity contribution < 1.29 is 25.0 Å². The molecule has 0 aliphatic heterocycles. The van der Waals surface area contributed by atoms with E-state index in [1.807, 2.05) is 0 Å². The highest BCUT2D eigenvalue weighted by molar-refractivity contribution is 5.66. The van der Waals surface area contributed by atoms with Crippen molar-refractivity contribution in [3.8, 4) is 11.8 Å². The van der Waals surface area contributed by atoms with Crippen LogP contribution in [0.3, 0.4) is 0 Å². The maximum absolute atomic E-state index is 10.4. The lowest BCUT2D eigenvalue weighted by Gasteiger charge is -2.30. The average Bonchev–Trinajstić information content (AvgIpc) is 2.83. The second-order valence-electron chi connectivity index (χ2n) is 7.34. The highest BCUT2D eigenvalue weighted by atomic mass is 16.6. The summed E-state index contributed by atoms with van der Waals surface area (Å²) < 4.78 is 0. The van der Waals surface area contributed by atoms with Gasteiger partial charge >= 0.3 is 5.97 Å². The molecule has 0 aromatic heterocycles. The minimum absolute atomic E-state index is 0.0468. The molecule has 0 amide bonds.